The number of methoxy groups -OCH3 is 2. The van der Waals surface area contributed by atoms with Crippen LogP contribution < -0.4 is 14.4 Å². The Labute approximate surface area is 165 Å². The lowest BCUT2D eigenvalue weighted by Gasteiger charge is -2.39. The zero-order valence-electron chi connectivity index (χ0n) is 15.1. The molecule has 0 saturated carbocycles. The maximum Gasteiger partial charge on any atom is 0.292 e. The monoisotopic (exact) mass is 436 g/mol. The molecular formula is C19H21BrN2O5. The van der Waals surface area contributed by atoms with Gasteiger partial charge in [0.05, 0.1) is 24.7 Å². The van der Waals surface area contributed by atoms with E-state index in [1.165, 1.54) is 6.07 Å². The molecule has 1 heterocycles. The van der Waals surface area contributed by atoms with Crippen LogP contribution in [-0.4, -0.2) is 37.3 Å². The van der Waals surface area contributed by atoms with Gasteiger partial charge in [-0.05, 0) is 42.7 Å². The standard InChI is InChI=1S/C19H21BrN2O5/c1-26-15-9-13(10-16(12-15)27-2)19(23)5-7-21(8-6-19)18-11-14(20)3-4-17(18)22(24)25/h3-4,9-12,23H,5-8H2,1-2H3. The molecule has 0 spiro atoms. The number of anilines is 1. The van der Waals surface area contributed by atoms with Crippen LogP contribution in [0.25, 0.3) is 0 Å². The second kappa shape index (κ2) is 7.74. The number of benzene rings is 2. The average molecular weight is 437 g/mol. The predicted molar refractivity (Wildman–Crippen MR) is 106 cm³/mol. The maximum absolute atomic E-state index is 11.4. The Morgan fingerprint density at radius 2 is 1.70 bits per heavy atom. The van der Waals surface area contributed by atoms with Crippen molar-refractivity contribution in [2.24, 2.45) is 0 Å². The van der Waals surface area contributed by atoms with Crippen LogP contribution in [0.5, 0.6) is 11.5 Å². The number of halogens is 1. The summed E-state index contributed by atoms with van der Waals surface area (Å²) in [5, 5.41) is 22.6. The van der Waals surface area contributed by atoms with Crippen LogP contribution in [0.4, 0.5) is 11.4 Å². The number of aliphatic hydroxyl groups is 1. The lowest BCUT2D eigenvalue weighted by atomic mass is 9.84. The highest BCUT2D eigenvalue weighted by atomic mass is 79.9. The first-order valence-corrected chi connectivity index (χ1v) is 9.30. The second-order valence-electron chi connectivity index (χ2n) is 6.51. The van der Waals surface area contributed by atoms with Crippen LogP contribution in [-0.2, 0) is 5.60 Å². The van der Waals surface area contributed by atoms with Crippen molar-refractivity contribution in [3.8, 4) is 11.5 Å². The number of nitrogens with zero attached hydrogens (tertiary/aromatic N) is 2. The number of ether oxygens (including phenoxy) is 2. The summed E-state index contributed by atoms with van der Waals surface area (Å²) in [6.07, 6.45) is 0.875. The average Bonchev–Trinajstić information content (AvgIpc) is 2.67. The summed E-state index contributed by atoms with van der Waals surface area (Å²) in [6, 6.07) is 10.3. The predicted octanol–water partition coefficient (Wildman–Crippen LogP) is 3.86. The van der Waals surface area contributed by atoms with Crippen molar-refractivity contribution in [2.45, 2.75) is 18.4 Å². The largest absolute Gasteiger partial charge is 0.497 e. The summed E-state index contributed by atoms with van der Waals surface area (Å²) in [4.78, 5) is 12.9. The summed E-state index contributed by atoms with van der Waals surface area (Å²) in [5.74, 6) is 1.23. The van der Waals surface area contributed by atoms with Gasteiger partial charge in [-0.1, -0.05) is 15.9 Å². The van der Waals surface area contributed by atoms with Crippen molar-refractivity contribution in [3.63, 3.8) is 0 Å². The van der Waals surface area contributed by atoms with Gasteiger partial charge in [-0.2, -0.15) is 0 Å². The van der Waals surface area contributed by atoms with Gasteiger partial charge in [0.2, 0.25) is 0 Å². The number of piperidine rings is 1. The van der Waals surface area contributed by atoms with Crippen LogP contribution in [0, 0.1) is 10.1 Å². The highest BCUT2D eigenvalue weighted by Crippen LogP contribution is 2.40. The van der Waals surface area contributed by atoms with Gasteiger partial charge < -0.3 is 19.5 Å². The second-order valence-corrected chi connectivity index (χ2v) is 7.43. The van der Waals surface area contributed by atoms with Gasteiger partial charge in [0.25, 0.3) is 5.69 Å². The highest BCUT2D eigenvalue weighted by Gasteiger charge is 2.36. The Hall–Kier alpha value is -2.32. The summed E-state index contributed by atoms with van der Waals surface area (Å²) < 4.78 is 11.4. The molecule has 8 heteroatoms. The molecule has 1 saturated heterocycles. The fraction of sp³-hybridized carbons (Fsp3) is 0.368. The van der Waals surface area contributed by atoms with Crippen LogP contribution in [0.3, 0.4) is 0 Å². The van der Waals surface area contributed by atoms with Crippen molar-refractivity contribution < 1.29 is 19.5 Å². The van der Waals surface area contributed by atoms with Crippen molar-refractivity contribution >= 4 is 27.3 Å². The van der Waals surface area contributed by atoms with E-state index in [9.17, 15) is 15.2 Å². The third kappa shape index (κ3) is 4.01. The lowest BCUT2D eigenvalue weighted by molar-refractivity contribution is -0.384. The number of rotatable bonds is 5. The fourth-order valence-electron chi connectivity index (χ4n) is 3.39. The van der Waals surface area contributed by atoms with Gasteiger partial charge in [-0.25, -0.2) is 0 Å². The SMILES string of the molecule is COc1cc(OC)cc(C2(O)CCN(c3cc(Br)ccc3[N+](=O)[O-])CC2)c1. The molecule has 7 nitrogen and oxygen atoms in total. The number of hydrogen-bond acceptors (Lipinski definition) is 6. The summed E-state index contributed by atoms with van der Waals surface area (Å²) >= 11 is 3.38. The normalized spacial score (nSPS) is 16.1. The minimum absolute atomic E-state index is 0.0617. The lowest BCUT2D eigenvalue weighted by Crippen LogP contribution is -2.42. The topological polar surface area (TPSA) is 85.1 Å². The smallest absolute Gasteiger partial charge is 0.292 e. The zero-order chi connectivity index (χ0) is 19.6. The number of nitro benzene ring substituents is 1. The Kier molecular flexibility index (Phi) is 5.57. The third-order valence-corrected chi connectivity index (χ3v) is 5.45. The molecule has 0 amide bonds. The highest BCUT2D eigenvalue weighted by molar-refractivity contribution is 9.10. The molecule has 144 valence electrons. The Morgan fingerprint density at radius 1 is 1.11 bits per heavy atom. The fourth-order valence-corrected chi connectivity index (χ4v) is 3.74. The molecule has 1 N–H and O–H groups in total. The molecule has 3 rings (SSSR count). The minimum atomic E-state index is -1.04. The van der Waals surface area contributed by atoms with Gasteiger partial charge in [0.15, 0.2) is 0 Å². The Balaban J connectivity index is 1.85. The molecule has 2 aromatic rings. The van der Waals surface area contributed by atoms with E-state index in [1.54, 1.807) is 44.6 Å². The van der Waals surface area contributed by atoms with Gasteiger partial charge in [0.1, 0.15) is 17.2 Å². The van der Waals surface area contributed by atoms with Crippen molar-refractivity contribution in [2.75, 3.05) is 32.2 Å². The van der Waals surface area contributed by atoms with E-state index in [1.807, 2.05) is 4.90 Å². The van der Waals surface area contributed by atoms with E-state index in [4.69, 9.17) is 9.47 Å². The molecule has 0 aromatic heterocycles. The van der Waals surface area contributed by atoms with Crippen LogP contribution in [0.15, 0.2) is 40.9 Å². The minimum Gasteiger partial charge on any atom is -0.497 e. The van der Waals surface area contributed by atoms with E-state index in [2.05, 4.69) is 15.9 Å². The molecule has 2 aromatic carbocycles. The maximum atomic E-state index is 11.4. The molecule has 1 fully saturated rings. The molecule has 0 atom stereocenters. The van der Waals surface area contributed by atoms with Gasteiger partial charge >= 0.3 is 0 Å². The van der Waals surface area contributed by atoms with Gasteiger partial charge in [-0.15, -0.1) is 0 Å². The molecule has 0 radical (unpaired) electrons. The van der Waals surface area contributed by atoms with E-state index in [0.717, 1.165) is 10.0 Å². The molecule has 1 aliphatic heterocycles. The van der Waals surface area contributed by atoms with E-state index >= 15 is 0 Å². The van der Waals surface area contributed by atoms with E-state index in [0.29, 0.717) is 43.1 Å². The molecule has 0 unspecified atom stereocenters. The zero-order valence-corrected chi connectivity index (χ0v) is 16.7. The summed E-state index contributed by atoms with van der Waals surface area (Å²) in [5.41, 5.74) is 0.299. The van der Waals surface area contributed by atoms with E-state index < -0.39 is 5.60 Å². The first-order valence-electron chi connectivity index (χ1n) is 8.51. The first kappa shape index (κ1) is 19.4. The van der Waals surface area contributed by atoms with Crippen molar-refractivity contribution in [1.29, 1.82) is 0 Å². The van der Waals surface area contributed by atoms with Crippen molar-refractivity contribution in [1.82, 2.24) is 0 Å². The van der Waals surface area contributed by atoms with Gasteiger partial charge in [0, 0.05) is 29.7 Å². The summed E-state index contributed by atoms with van der Waals surface area (Å²) in [7, 11) is 3.13. The molecular weight excluding hydrogens is 416 g/mol. The Morgan fingerprint density at radius 3 is 2.22 bits per heavy atom. The summed E-state index contributed by atoms with van der Waals surface area (Å²) in [6.45, 7) is 0.987. The van der Waals surface area contributed by atoms with Crippen LogP contribution >= 0.6 is 15.9 Å². The third-order valence-electron chi connectivity index (χ3n) is 4.95. The molecule has 0 aliphatic carbocycles. The number of hydrogen-bond donors (Lipinski definition) is 1. The first-order chi connectivity index (χ1) is 12.9. The van der Waals surface area contributed by atoms with Crippen LogP contribution in [0.1, 0.15) is 18.4 Å². The van der Waals surface area contributed by atoms with E-state index in [-0.39, 0.29) is 10.6 Å². The number of nitro groups is 1. The Bertz CT molecular complexity index is 828. The van der Waals surface area contributed by atoms with Crippen LogP contribution in [0.2, 0.25) is 0 Å². The quantitative estimate of drug-likeness (QED) is 0.565. The molecule has 27 heavy (non-hydrogen) atoms. The molecule has 0 bridgehead atoms. The van der Waals surface area contributed by atoms with Crippen molar-refractivity contribution in [3.05, 3.63) is 56.5 Å². The molecule has 1 aliphatic rings. The van der Waals surface area contributed by atoms with Gasteiger partial charge in [-0.3, -0.25) is 10.1 Å².